The van der Waals surface area contributed by atoms with Crippen molar-refractivity contribution in [3.05, 3.63) is 46.7 Å². The molecule has 0 radical (unpaired) electrons. The average molecular weight is 266 g/mol. The van der Waals surface area contributed by atoms with Crippen LogP contribution in [0.3, 0.4) is 0 Å². The first-order chi connectivity index (χ1) is 9.47. The van der Waals surface area contributed by atoms with Crippen LogP contribution < -0.4 is 0 Å². The van der Waals surface area contributed by atoms with Gasteiger partial charge < -0.3 is 0 Å². The normalized spacial score (nSPS) is 11.2. The van der Waals surface area contributed by atoms with Crippen molar-refractivity contribution >= 4 is 5.65 Å². The molecule has 0 amide bonds. The Morgan fingerprint density at radius 2 is 1.70 bits per heavy atom. The highest BCUT2D eigenvalue weighted by atomic mass is 15.3. The van der Waals surface area contributed by atoms with Gasteiger partial charge in [-0.3, -0.25) is 0 Å². The number of nitrogens with zero attached hydrogens (tertiary/aromatic N) is 4. The van der Waals surface area contributed by atoms with Crippen LogP contribution in [0, 0.1) is 34.6 Å². The first-order valence-electron chi connectivity index (χ1n) is 6.75. The summed E-state index contributed by atoms with van der Waals surface area (Å²) in [6, 6.07) is 6.48. The molecule has 20 heavy (non-hydrogen) atoms. The molecule has 3 aromatic rings. The SMILES string of the molecule is Cc1ccc(-c2c(C)nn3c(C)nc(C)nc23)c(C)c1. The molecule has 0 bridgehead atoms. The quantitative estimate of drug-likeness (QED) is 0.678. The monoisotopic (exact) mass is 266 g/mol. The van der Waals surface area contributed by atoms with Crippen molar-refractivity contribution in [2.45, 2.75) is 34.6 Å². The van der Waals surface area contributed by atoms with Gasteiger partial charge in [0.25, 0.3) is 0 Å². The van der Waals surface area contributed by atoms with E-state index in [0.29, 0.717) is 0 Å². The zero-order chi connectivity index (χ0) is 14.4. The van der Waals surface area contributed by atoms with E-state index < -0.39 is 0 Å². The number of aromatic nitrogens is 4. The lowest BCUT2D eigenvalue weighted by atomic mass is 9.99. The summed E-state index contributed by atoms with van der Waals surface area (Å²) in [5.74, 6) is 1.65. The van der Waals surface area contributed by atoms with E-state index >= 15 is 0 Å². The maximum atomic E-state index is 4.59. The van der Waals surface area contributed by atoms with E-state index in [9.17, 15) is 0 Å². The predicted molar refractivity (Wildman–Crippen MR) is 79.9 cm³/mol. The number of fused-ring (bicyclic) bond motifs is 1. The van der Waals surface area contributed by atoms with E-state index in [1.807, 2.05) is 25.3 Å². The molecule has 0 N–H and O–H groups in total. The van der Waals surface area contributed by atoms with Crippen molar-refractivity contribution in [2.75, 3.05) is 0 Å². The van der Waals surface area contributed by atoms with Gasteiger partial charge in [-0.25, -0.2) is 14.5 Å². The molecule has 0 aliphatic heterocycles. The summed E-state index contributed by atoms with van der Waals surface area (Å²) < 4.78 is 1.83. The van der Waals surface area contributed by atoms with Crippen LogP contribution in [0.15, 0.2) is 18.2 Å². The largest absolute Gasteiger partial charge is 0.219 e. The Bertz CT molecular complexity index is 815. The molecule has 0 atom stereocenters. The highest BCUT2D eigenvalue weighted by Crippen LogP contribution is 2.30. The predicted octanol–water partition coefficient (Wildman–Crippen LogP) is 3.33. The van der Waals surface area contributed by atoms with Crippen LogP contribution in [0.2, 0.25) is 0 Å². The molecule has 3 rings (SSSR count). The molecular formula is C16H18N4. The van der Waals surface area contributed by atoms with Gasteiger partial charge in [-0.05, 0) is 45.7 Å². The molecule has 0 unspecified atom stereocenters. The zero-order valence-electron chi connectivity index (χ0n) is 12.5. The highest BCUT2D eigenvalue weighted by molar-refractivity contribution is 5.81. The minimum Gasteiger partial charge on any atom is -0.219 e. The molecule has 2 heterocycles. The third-order valence-electron chi connectivity index (χ3n) is 3.59. The Hall–Kier alpha value is -2.23. The second kappa shape index (κ2) is 4.40. The first kappa shape index (κ1) is 12.8. The van der Waals surface area contributed by atoms with E-state index in [1.54, 1.807) is 0 Å². The lowest BCUT2D eigenvalue weighted by Crippen LogP contribution is -2.02. The van der Waals surface area contributed by atoms with Crippen LogP contribution in [-0.2, 0) is 0 Å². The Morgan fingerprint density at radius 3 is 2.40 bits per heavy atom. The van der Waals surface area contributed by atoms with Crippen LogP contribution in [0.4, 0.5) is 0 Å². The minimum absolute atomic E-state index is 0.779. The molecule has 1 aromatic carbocycles. The fraction of sp³-hybridized carbons (Fsp3) is 0.312. The van der Waals surface area contributed by atoms with Gasteiger partial charge in [0.15, 0.2) is 5.65 Å². The van der Waals surface area contributed by atoms with Crippen LogP contribution in [0.1, 0.15) is 28.5 Å². The standard InChI is InChI=1S/C16H18N4/c1-9-6-7-14(10(2)8-9)15-11(3)19-20-13(5)17-12(4)18-16(15)20/h6-8H,1-5H3. The second-order valence-corrected chi connectivity index (χ2v) is 5.33. The van der Waals surface area contributed by atoms with Crippen LogP contribution in [0.5, 0.6) is 0 Å². The summed E-state index contributed by atoms with van der Waals surface area (Å²) in [7, 11) is 0. The number of rotatable bonds is 1. The Kier molecular flexibility index (Phi) is 2.82. The molecule has 0 spiro atoms. The van der Waals surface area contributed by atoms with Gasteiger partial charge in [0.05, 0.1) is 5.69 Å². The Balaban J connectivity index is 2.38. The maximum Gasteiger partial charge on any atom is 0.167 e. The fourth-order valence-corrected chi connectivity index (χ4v) is 2.71. The molecule has 4 nitrogen and oxygen atoms in total. The number of benzene rings is 1. The van der Waals surface area contributed by atoms with Crippen LogP contribution in [-0.4, -0.2) is 19.6 Å². The van der Waals surface area contributed by atoms with E-state index in [0.717, 1.165) is 28.6 Å². The minimum atomic E-state index is 0.779. The van der Waals surface area contributed by atoms with Crippen molar-refractivity contribution in [1.29, 1.82) is 0 Å². The lowest BCUT2D eigenvalue weighted by molar-refractivity contribution is 0.808. The maximum absolute atomic E-state index is 4.59. The number of hydrogen-bond acceptors (Lipinski definition) is 3. The van der Waals surface area contributed by atoms with Gasteiger partial charge in [-0.1, -0.05) is 23.8 Å². The second-order valence-electron chi connectivity index (χ2n) is 5.33. The smallest absolute Gasteiger partial charge is 0.167 e. The zero-order valence-corrected chi connectivity index (χ0v) is 12.5. The molecule has 0 fully saturated rings. The van der Waals surface area contributed by atoms with Crippen molar-refractivity contribution in [1.82, 2.24) is 19.6 Å². The van der Waals surface area contributed by atoms with Crippen LogP contribution in [0.25, 0.3) is 16.8 Å². The average Bonchev–Trinajstić information content (AvgIpc) is 2.67. The summed E-state index contributed by atoms with van der Waals surface area (Å²) in [5, 5.41) is 4.59. The van der Waals surface area contributed by atoms with E-state index in [4.69, 9.17) is 0 Å². The van der Waals surface area contributed by atoms with Gasteiger partial charge in [0, 0.05) is 5.56 Å². The summed E-state index contributed by atoms with van der Waals surface area (Å²) in [4.78, 5) is 8.96. The first-order valence-corrected chi connectivity index (χ1v) is 6.75. The Labute approximate surface area is 118 Å². The molecule has 0 aliphatic carbocycles. The fourth-order valence-electron chi connectivity index (χ4n) is 2.71. The number of aryl methyl sites for hydroxylation is 5. The van der Waals surface area contributed by atoms with Crippen molar-refractivity contribution < 1.29 is 0 Å². The molecule has 4 heteroatoms. The van der Waals surface area contributed by atoms with Gasteiger partial charge in [0.2, 0.25) is 0 Å². The van der Waals surface area contributed by atoms with Gasteiger partial charge in [-0.15, -0.1) is 0 Å². The molecule has 102 valence electrons. The summed E-state index contributed by atoms with van der Waals surface area (Å²) in [6.45, 7) is 10.1. The molecule has 2 aromatic heterocycles. The Morgan fingerprint density at radius 1 is 0.950 bits per heavy atom. The third-order valence-corrected chi connectivity index (χ3v) is 3.59. The third kappa shape index (κ3) is 1.88. The summed E-state index contributed by atoms with van der Waals surface area (Å²) >= 11 is 0. The highest BCUT2D eigenvalue weighted by Gasteiger charge is 2.16. The van der Waals surface area contributed by atoms with Crippen molar-refractivity contribution in [3.63, 3.8) is 0 Å². The van der Waals surface area contributed by atoms with Crippen molar-refractivity contribution in [2.24, 2.45) is 0 Å². The topological polar surface area (TPSA) is 43.1 Å². The van der Waals surface area contributed by atoms with E-state index in [-0.39, 0.29) is 0 Å². The van der Waals surface area contributed by atoms with E-state index in [2.05, 4.69) is 47.1 Å². The summed E-state index contributed by atoms with van der Waals surface area (Å²) in [6.07, 6.45) is 0. The van der Waals surface area contributed by atoms with E-state index in [1.165, 1.54) is 16.7 Å². The van der Waals surface area contributed by atoms with Crippen molar-refractivity contribution in [3.8, 4) is 11.1 Å². The molecule has 0 saturated carbocycles. The number of hydrogen-bond donors (Lipinski definition) is 0. The van der Waals surface area contributed by atoms with Gasteiger partial charge >= 0.3 is 0 Å². The van der Waals surface area contributed by atoms with Gasteiger partial charge in [-0.2, -0.15) is 5.10 Å². The summed E-state index contributed by atoms with van der Waals surface area (Å²) in [5.41, 5.74) is 6.69. The lowest BCUT2D eigenvalue weighted by Gasteiger charge is -2.07. The van der Waals surface area contributed by atoms with Crippen LogP contribution >= 0.6 is 0 Å². The molecule has 0 aliphatic rings. The molecular weight excluding hydrogens is 248 g/mol. The van der Waals surface area contributed by atoms with Gasteiger partial charge in [0.1, 0.15) is 11.6 Å². The molecule has 0 saturated heterocycles.